The number of nitrogens with zero attached hydrogens (tertiary/aromatic N) is 2. The molecule has 130 valence electrons. The van der Waals surface area contributed by atoms with E-state index in [1.165, 1.54) is 4.90 Å². The summed E-state index contributed by atoms with van der Waals surface area (Å²) in [5, 5.41) is 10.3. The van der Waals surface area contributed by atoms with Crippen LogP contribution in [-0.4, -0.2) is 32.7 Å². The fourth-order valence-electron chi connectivity index (χ4n) is 2.96. The fourth-order valence-corrected chi connectivity index (χ4v) is 2.96. The number of carbonyl (C=O) groups is 2. The van der Waals surface area contributed by atoms with Crippen LogP contribution >= 0.6 is 0 Å². The number of carbonyl (C=O) groups excluding carboxylic acids is 2. The molecule has 0 aromatic carbocycles. The van der Waals surface area contributed by atoms with Gasteiger partial charge in [0.2, 0.25) is 0 Å². The molecule has 24 heavy (non-hydrogen) atoms. The van der Waals surface area contributed by atoms with Crippen LogP contribution in [-0.2, 0) is 16.1 Å². The van der Waals surface area contributed by atoms with Gasteiger partial charge in [0.15, 0.2) is 5.78 Å². The fraction of sp³-hybridized carbons (Fsp3) is 0.526. The second-order valence-electron chi connectivity index (χ2n) is 6.32. The van der Waals surface area contributed by atoms with Gasteiger partial charge in [0, 0.05) is 25.4 Å². The van der Waals surface area contributed by atoms with Crippen LogP contribution in [0.15, 0.2) is 35.9 Å². The highest BCUT2D eigenvalue weighted by molar-refractivity contribution is 6.21. The molecule has 0 saturated heterocycles. The topological polar surface area (TPSA) is 70.5 Å². The third kappa shape index (κ3) is 4.22. The molecule has 1 N–H and O–H groups in total. The smallest absolute Gasteiger partial charge is 0.261 e. The van der Waals surface area contributed by atoms with Crippen LogP contribution < -0.4 is 0 Å². The lowest BCUT2D eigenvalue weighted by molar-refractivity contribution is -0.129. The van der Waals surface area contributed by atoms with Crippen LogP contribution in [0.25, 0.3) is 0 Å². The van der Waals surface area contributed by atoms with Gasteiger partial charge in [-0.15, -0.1) is 0 Å². The Morgan fingerprint density at radius 2 is 2.04 bits per heavy atom. The number of aliphatic hydroxyl groups excluding tert-OH is 1. The van der Waals surface area contributed by atoms with E-state index in [-0.39, 0.29) is 23.0 Å². The summed E-state index contributed by atoms with van der Waals surface area (Å²) in [7, 11) is 0. The monoisotopic (exact) mass is 330 g/mol. The molecule has 5 heteroatoms. The van der Waals surface area contributed by atoms with Gasteiger partial charge >= 0.3 is 0 Å². The highest BCUT2D eigenvalue weighted by Gasteiger charge is 2.39. The molecule has 2 heterocycles. The predicted octanol–water partition coefficient (Wildman–Crippen LogP) is 3.55. The van der Waals surface area contributed by atoms with Crippen LogP contribution in [0.1, 0.15) is 57.9 Å². The number of aromatic nitrogens is 1. The van der Waals surface area contributed by atoms with Crippen molar-refractivity contribution < 1.29 is 14.7 Å². The maximum atomic E-state index is 12.6. The third-order valence-corrected chi connectivity index (χ3v) is 4.46. The van der Waals surface area contributed by atoms with Crippen molar-refractivity contribution in [3.8, 4) is 0 Å². The summed E-state index contributed by atoms with van der Waals surface area (Å²) in [4.78, 5) is 30.5. The van der Waals surface area contributed by atoms with Gasteiger partial charge in [-0.25, -0.2) is 0 Å². The Morgan fingerprint density at radius 3 is 2.71 bits per heavy atom. The van der Waals surface area contributed by atoms with Crippen molar-refractivity contribution in [1.82, 2.24) is 9.88 Å². The standard InChI is InChI=1S/C19H26N2O3/c1-3-4-5-6-7-10-16(22)17-18(23)14(2)21(19(17)24)13-15-9-8-11-20-12-15/h8-9,11-12,14,23H,3-7,10,13H2,1-2H3/t14-/m0/s1. The second-order valence-corrected chi connectivity index (χ2v) is 6.32. The van der Waals surface area contributed by atoms with E-state index < -0.39 is 6.04 Å². The maximum absolute atomic E-state index is 12.6. The van der Waals surface area contributed by atoms with Gasteiger partial charge < -0.3 is 10.0 Å². The van der Waals surface area contributed by atoms with E-state index in [4.69, 9.17) is 0 Å². The molecule has 0 saturated carbocycles. The average Bonchev–Trinajstić information content (AvgIpc) is 2.79. The van der Waals surface area contributed by atoms with Crippen molar-refractivity contribution in [2.45, 2.75) is 65.0 Å². The number of rotatable bonds is 9. The quantitative estimate of drug-likeness (QED) is 0.555. The van der Waals surface area contributed by atoms with Gasteiger partial charge in [0.1, 0.15) is 11.3 Å². The molecule has 0 bridgehead atoms. The molecule has 1 aromatic heterocycles. The Hall–Kier alpha value is -2.17. The van der Waals surface area contributed by atoms with Gasteiger partial charge in [0.05, 0.1) is 6.04 Å². The van der Waals surface area contributed by atoms with Crippen molar-refractivity contribution in [3.63, 3.8) is 0 Å². The molecule has 0 radical (unpaired) electrons. The van der Waals surface area contributed by atoms with E-state index in [9.17, 15) is 14.7 Å². The lowest BCUT2D eigenvalue weighted by Gasteiger charge is -2.22. The Balaban J connectivity index is 1.97. The first-order chi connectivity index (χ1) is 11.6. The van der Waals surface area contributed by atoms with Crippen LogP contribution in [0, 0.1) is 0 Å². The van der Waals surface area contributed by atoms with E-state index in [0.717, 1.165) is 37.7 Å². The Kier molecular flexibility index (Phi) is 6.53. The first-order valence-electron chi connectivity index (χ1n) is 8.72. The van der Waals surface area contributed by atoms with Crippen LogP contribution in [0.5, 0.6) is 0 Å². The number of aliphatic hydroxyl groups is 1. The molecule has 5 nitrogen and oxygen atoms in total. The van der Waals surface area contributed by atoms with Crippen molar-refractivity contribution in [1.29, 1.82) is 0 Å². The Bertz CT molecular complexity index is 610. The summed E-state index contributed by atoms with van der Waals surface area (Å²) >= 11 is 0. The van der Waals surface area contributed by atoms with Crippen LogP contribution in [0.2, 0.25) is 0 Å². The molecular weight excluding hydrogens is 304 g/mol. The molecule has 1 aliphatic heterocycles. The minimum atomic E-state index is -0.475. The van der Waals surface area contributed by atoms with Gasteiger partial charge in [-0.1, -0.05) is 38.7 Å². The molecule has 0 spiro atoms. The Morgan fingerprint density at radius 1 is 1.29 bits per heavy atom. The maximum Gasteiger partial charge on any atom is 0.261 e. The largest absolute Gasteiger partial charge is 0.509 e. The van der Waals surface area contributed by atoms with E-state index in [1.54, 1.807) is 25.4 Å². The number of pyridine rings is 1. The van der Waals surface area contributed by atoms with Gasteiger partial charge in [-0.05, 0) is 25.0 Å². The van der Waals surface area contributed by atoms with Gasteiger partial charge in [0.25, 0.3) is 5.91 Å². The SMILES string of the molecule is CCCCCCCC(=O)C1=C(O)[C@H](C)N(Cc2cccnc2)C1=O. The summed E-state index contributed by atoms with van der Waals surface area (Å²) in [6.07, 6.45) is 8.84. The molecular formula is C19H26N2O3. The molecule has 1 amide bonds. The van der Waals surface area contributed by atoms with Crippen molar-refractivity contribution in [2.24, 2.45) is 0 Å². The normalized spacial score (nSPS) is 17.7. The first kappa shape index (κ1) is 18.2. The minimum Gasteiger partial charge on any atom is -0.509 e. The number of ketones is 1. The zero-order valence-corrected chi connectivity index (χ0v) is 14.5. The molecule has 1 aliphatic rings. The molecule has 0 fully saturated rings. The van der Waals surface area contributed by atoms with E-state index in [0.29, 0.717) is 13.0 Å². The number of Topliss-reactive ketones (excluding diaryl/α,β-unsaturated/α-hetero) is 1. The van der Waals surface area contributed by atoms with E-state index >= 15 is 0 Å². The lowest BCUT2D eigenvalue weighted by Crippen LogP contribution is -2.33. The first-order valence-corrected chi connectivity index (χ1v) is 8.72. The zero-order valence-electron chi connectivity index (χ0n) is 14.5. The zero-order chi connectivity index (χ0) is 17.5. The van der Waals surface area contributed by atoms with Crippen molar-refractivity contribution >= 4 is 11.7 Å². The lowest BCUT2D eigenvalue weighted by atomic mass is 10.0. The second kappa shape index (κ2) is 8.62. The van der Waals surface area contributed by atoms with E-state index in [2.05, 4.69) is 11.9 Å². The Labute approximate surface area is 143 Å². The van der Waals surface area contributed by atoms with Crippen LogP contribution in [0.4, 0.5) is 0 Å². The summed E-state index contributed by atoms with van der Waals surface area (Å²) in [5.41, 5.74) is 0.848. The molecule has 2 rings (SSSR count). The molecule has 1 aromatic rings. The number of amides is 1. The average molecular weight is 330 g/mol. The molecule has 0 aliphatic carbocycles. The van der Waals surface area contributed by atoms with Gasteiger partial charge in [-0.2, -0.15) is 0 Å². The van der Waals surface area contributed by atoms with Crippen molar-refractivity contribution in [2.75, 3.05) is 0 Å². The number of hydrogen-bond acceptors (Lipinski definition) is 4. The highest BCUT2D eigenvalue weighted by atomic mass is 16.3. The number of unbranched alkanes of at least 4 members (excludes halogenated alkanes) is 4. The summed E-state index contributed by atoms with van der Waals surface area (Å²) in [5.74, 6) is -0.709. The molecule has 1 atom stereocenters. The van der Waals surface area contributed by atoms with E-state index in [1.807, 2.05) is 6.07 Å². The number of hydrogen-bond donors (Lipinski definition) is 1. The summed E-state index contributed by atoms with van der Waals surface area (Å²) in [6.45, 7) is 4.22. The van der Waals surface area contributed by atoms with Gasteiger partial charge in [-0.3, -0.25) is 14.6 Å². The third-order valence-electron chi connectivity index (χ3n) is 4.46. The van der Waals surface area contributed by atoms with Crippen LogP contribution in [0.3, 0.4) is 0 Å². The summed E-state index contributed by atoms with van der Waals surface area (Å²) in [6, 6.07) is 3.20. The highest BCUT2D eigenvalue weighted by Crippen LogP contribution is 2.27. The summed E-state index contributed by atoms with van der Waals surface area (Å²) < 4.78 is 0. The minimum absolute atomic E-state index is 0.0260. The molecule has 0 unspecified atom stereocenters. The predicted molar refractivity (Wildman–Crippen MR) is 92.3 cm³/mol. The van der Waals surface area contributed by atoms with Crippen molar-refractivity contribution in [3.05, 3.63) is 41.4 Å².